The summed E-state index contributed by atoms with van der Waals surface area (Å²) in [7, 11) is -6.40. The van der Waals surface area contributed by atoms with E-state index >= 15 is 0 Å². The molecule has 0 aliphatic carbocycles. The Morgan fingerprint density at radius 2 is 1.38 bits per heavy atom. The first kappa shape index (κ1) is 11.3. The predicted octanol–water partition coefficient (Wildman–Crippen LogP) is -5.18. The SMILES string of the molecule is O=[Si](O)O[Si](=O)O.[Na+]. The standard InChI is InChI=1S/Na.H2O5Si2/c;1-6(2)5-7(3)4/h;1,3H/q+1;. The second-order valence-corrected chi connectivity index (χ2v) is 2.51. The molecular formula is H2NaO5Si2+. The second-order valence-electron chi connectivity index (χ2n) is 0.634. The monoisotopic (exact) mass is 161 g/mol. The second kappa shape index (κ2) is 5.57. The molecule has 0 spiro atoms. The molecule has 5 nitrogen and oxygen atoms in total. The molecule has 0 aliphatic heterocycles. The van der Waals surface area contributed by atoms with Crippen molar-refractivity contribution < 1.29 is 52.2 Å². The fraction of sp³-hybridized carbons (Fsp3) is 0. The Balaban J connectivity index is 0. The zero-order valence-electron chi connectivity index (χ0n) is 4.12. The van der Waals surface area contributed by atoms with E-state index in [0.29, 0.717) is 0 Å². The fourth-order valence-corrected chi connectivity index (χ4v) is 0.672. The summed E-state index contributed by atoms with van der Waals surface area (Å²) in [6, 6.07) is 0. The summed E-state index contributed by atoms with van der Waals surface area (Å²) in [6.45, 7) is 0. The molecule has 0 bridgehead atoms. The van der Waals surface area contributed by atoms with Crippen LogP contribution in [0.3, 0.4) is 0 Å². The molecule has 0 rings (SSSR count). The van der Waals surface area contributed by atoms with Gasteiger partial charge >= 0.3 is 47.9 Å². The first-order valence-electron chi connectivity index (χ1n) is 1.26. The zero-order chi connectivity index (χ0) is 5.86. The molecule has 0 heterocycles. The number of hydrogen-bond donors (Lipinski definition) is 2. The molecule has 40 valence electrons. The van der Waals surface area contributed by atoms with E-state index in [0.717, 1.165) is 0 Å². The van der Waals surface area contributed by atoms with Gasteiger partial charge in [-0.2, -0.15) is 0 Å². The molecule has 0 unspecified atom stereocenters. The minimum atomic E-state index is -3.20. The van der Waals surface area contributed by atoms with E-state index in [9.17, 15) is 8.92 Å². The number of rotatable bonds is 2. The van der Waals surface area contributed by atoms with Gasteiger partial charge in [-0.25, -0.2) is 0 Å². The van der Waals surface area contributed by atoms with Crippen LogP contribution in [0.15, 0.2) is 0 Å². The van der Waals surface area contributed by atoms with E-state index in [-0.39, 0.29) is 29.6 Å². The Bertz CT molecular complexity index is 86.6. The van der Waals surface area contributed by atoms with Gasteiger partial charge in [0.15, 0.2) is 0 Å². The Kier molecular flexibility index (Phi) is 7.84. The van der Waals surface area contributed by atoms with Crippen molar-refractivity contribution in [3.05, 3.63) is 0 Å². The molecule has 0 saturated heterocycles. The van der Waals surface area contributed by atoms with E-state index in [1.807, 2.05) is 0 Å². The van der Waals surface area contributed by atoms with Crippen LogP contribution in [0.2, 0.25) is 0 Å². The Hall–Kier alpha value is 0.434. The molecule has 0 atom stereocenters. The van der Waals surface area contributed by atoms with Crippen LogP contribution in [-0.2, 0) is 13.0 Å². The molecule has 8 heteroatoms. The molecule has 0 amide bonds. The minimum absolute atomic E-state index is 0. The third-order valence-electron chi connectivity index (χ3n) is 0.175. The zero-order valence-corrected chi connectivity index (χ0v) is 8.12. The Morgan fingerprint density at radius 3 is 1.38 bits per heavy atom. The van der Waals surface area contributed by atoms with Crippen LogP contribution < -0.4 is 29.6 Å². The average Bonchev–Trinajstić information content (AvgIpc) is 1.27. The van der Waals surface area contributed by atoms with E-state index < -0.39 is 18.3 Å². The molecule has 0 aromatic carbocycles. The van der Waals surface area contributed by atoms with Crippen LogP contribution >= 0.6 is 0 Å². The summed E-state index contributed by atoms with van der Waals surface area (Å²) in [5, 5.41) is 0. The van der Waals surface area contributed by atoms with Crippen LogP contribution in [0, 0.1) is 0 Å². The maximum absolute atomic E-state index is 9.44. The van der Waals surface area contributed by atoms with Gasteiger partial charge in [0.25, 0.3) is 0 Å². The Labute approximate surface area is 70.4 Å². The van der Waals surface area contributed by atoms with Crippen LogP contribution in [0.5, 0.6) is 0 Å². The van der Waals surface area contributed by atoms with Crippen LogP contribution in [0.25, 0.3) is 0 Å². The van der Waals surface area contributed by atoms with E-state index in [1.54, 1.807) is 0 Å². The van der Waals surface area contributed by atoms with Crippen molar-refractivity contribution in [2.45, 2.75) is 0 Å². The van der Waals surface area contributed by atoms with Gasteiger partial charge < -0.3 is 13.7 Å². The average molecular weight is 161 g/mol. The molecule has 0 aromatic rings. The molecule has 0 saturated carbocycles. The van der Waals surface area contributed by atoms with Gasteiger partial charge in [-0.15, -0.1) is 0 Å². The summed E-state index contributed by atoms with van der Waals surface area (Å²) in [4.78, 5) is 15.4. The van der Waals surface area contributed by atoms with Crippen LogP contribution in [0.4, 0.5) is 0 Å². The van der Waals surface area contributed by atoms with Gasteiger partial charge in [-0.3, -0.25) is 8.92 Å². The Morgan fingerprint density at radius 1 is 1.12 bits per heavy atom. The summed E-state index contributed by atoms with van der Waals surface area (Å²) in [5.74, 6) is 0. The normalized spacial score (nSPS) is 6.50. The van der Waals surface area contributed by atoms with Crippen molar-refractivity contribution in [3.8, 4) is 0 Å². The number of hydrogen-bond acceptors (Lipinski definition) is 3. The largest absolute Gasteiger partial charge is 1.00 e. The van der Waals surface area contributed by atoms with Gasteiger partial charge in [-0.05, 0) is 0 Å². The van der Waals surface area contributed by atoms with Gasteiger partial charge in [0, 0.05) is 0 Å². The van der Waals surface area contributed by atoms with Crippen LogP contribution in [-0.4, -0.2) is 27.9 Å². The van der Waals surface area contributed by atoms with Gasteiger partial charge in [-0.1, -0.05) is 0 Å². The summed E-state index contributed by atoms with van der Waals surface area (Å²) in [5.41, 5.74) is 0. The molecule has 0 radical (unpaired) electrons. The molecule has 0 aromatic heterocycles. The summed E-state index contributed by atoms with van der Waals surface area (Å²) in [6.07, 6.45) is 0. The first-order valence-corrected chi connectivity index (χ1v) is 3.79. The van der Waals surface area contributed by atoms with E-state index in [1.165, 1.54) is 0 Å². The smallest absolute Gasteiger partial charge is 0.512 e. The molecule has 0 aliphatic rings. The molecule has 0 fully saturated rings. The van der Waals surface area contributed by atoms with Gasteiger partial charge in [0.1, 0.15) is 0 Å². The topological polar surface area (TPSA) is 83.8 Å². The fourth-order valence-electron chi connectivity index (χ4n) is 0.0747. The van der Waals surface area contributed by atoms with Crippen molar-refractivity contribution in [3.63, 3.8) is 0 Å². The van der Waals surface area contributed by atoms with Gasteiger partial charge in [0.2, 0.25) is 0 Å². The predicted molar refractivity (Wildman–Crippen MR) is 18.4 cm³/mol. The molecule has 8 heavy (non-hydrogen) atoms. The quantitative estimate of drug-likeness (QED) is 0.396. The van der Waals surface area contributed by atoms with E-state index in [2.05, 4.69) is 4.12 Å². The molecular weight excluding hydrogens is 159 g/mol. The molecule has 2 N–H and O–H groups in total. The third-order valence-corrected chi connectivity index (χ3v) is 1.57. The van der Waals surface area contributed by atoms with Crippen molar-refractivity contribution in [1.82, 2.24) is 0 Å². The van der Waals surface area contributed by atoms with Crippen molar-refractivity contribution in [2.75, 3.05) is 0 Å². The third kappa shape index (κ3) is 9.66. The van der Waals surface area contributed by atoms with E-state index in [4.69, 9.17) is 9.59 Å². The van der Waals surface area contributed by atoms with Crippen molar-refractivity contribution in [2.24, 2.45) is 0 Å². The maximum atomic E-state index is 9.44. The first-order chi connectivity index (χ1) is 3.13. The van der Waals surface area contributed by atoms with Gasteiger partial charge in [0.05, 0.1) is 0 Å². The maximum Gasteiger partial charge on any atom is 1.00 e. The summed E-state index contributed by atoms with van der Waals surface area (Å²) < 4.78 is 22.3. The van der Waals surface area contributed by atoms with Crippen molar-refractivity contribution in [1.29, 1.82) is 0 Å². The van der Waals surface area contributed by atoms with Crippen LogP contribution in [0.1, 0.15) is 0 Å². The summed E-state index contributed by atoms with van der Waals surface area (Å²) >= 11 is 0. The van der Waals surface area contributed by atoms with Crippen molar-refractivity contribution >= 4 is 18.3 Å². The minimum Gasteiger partial charge on any atom is -0.512 e.